The summed E-state index contributed by atoms with van der Waals surface area (Å²) in [6, 6.07) is 13.0. The lowest BCUT2D eigenvalue weighted by molar-refractivity contribution is -0.123. The number of hydrogen-bond donors (Lipinski definition) is 1. The minimum absolute atomic E-state index is 0.0581. The highest BCUT2D eigenvalue weighted by atomic mass is 32.1. The fourth-order valence-corrected chi connectivity index (χ4v) is 3.09. The molecule has 0 fully saturated rings. The van der Waals surface area contributed by atoms with Crippen molar-refractivity contribution in [3.05, 3.63) is 59.0 Å². The molecule has 1 N–H and O–H groups in total. The second kappa shape index (κ2) is 8.96. The maximum absolute atomic E-state index is 11.9. The van der Waals surface area contributed by atoms with Gasteiger partial charge in [-0.25, -0.2) is 4.98 Å². The molecule has 0 bridgehead atoms. The first-order valence-electron chi connectivity index (χ1n) is 8.14. The zero-order chi connectivity index (χ0) is 18.2. The summed E-state index contributed by atoms with van der Waals surface area (Å²) in [7, 11) is 1.56. The molecule has 1 amide bonds. The van der Waals surface area contributed by atoms with Gasteiger partial charge in [-0.3, -0.25) is 9.78 Å². The Balaban J connectivity index is 1.43. The minimum Gasteiger partial charge on any atom is -0.493 e. The van der Waals surface area contributed by atoms with Crippen LogP contribution < -0.4 is 14.8 Å². The number of rotatable bonds is 8. The average Bonchev–Trinajstić information content (AvgIpc) is 3.16. The number of ether oxygens (including phenoxy) is 2. The number of carbonyl (C=O) groups excluding carboxylic acids is 1. The molecule has 3 aromatic rings. The molecule has 0 saturated heterocycles. The first kappa shape index (κ1) is 17.9. The van der Waals surface area contributed by atoms with Gasteiger partial charge in [0.15, 0.2) is 18.1 Å². The van der Waals surface area contributed by atoms with Crippen LogP contribution in [0.5, 0.6) is 11.5 Å². The van der Waals surface area contributed by atoms with Gasteiger partial charge in [0, 0.05) is 24.5 Å². The van der Waals surface area contributed by atoms with Gasteiger partial charge in [0.25, 0.3) is 5.91 Å². The van der Waals surface area contributed by atoms with Crippen molar-refractivity contribution < 1.29 is 14.3 Å². The van der Waals surface area contributed by atoms with Crippen LogP contribution in [0.2, 0.25) is 0 Å². The Morgan fingerprint density at radius 3 is 2.69 bits per heavy atom. The van der Waals surface area contributed by atoms with Gasteiger partial charge in [0.05, 0.1) is 23.5 Å². The Hall–Kier alpha value is -2.93. The number of nitrogens with one attached hydrogen (secondary N) is 1. The third-order valence-corrected chi connectivity index (χ3v) is 4.48. The molecule has 3 rings (SSSR count). The smallest absolute Gasteiger partial charge is 0.257 e. The quantitative estimate of drug-likeness (QED) is 0.661. The molecule has 134 valence electrons. The Labute approximate surface area is 155 Å². The van der Waals surface area contributed by atoms with Gasteiger partial charge < -0.3 is 14.8 Å². The van der Waals surface area contributed by atoms with Crippen molar-refractivity contribution in [3.63, 3.8) is 0 Å². The van der Waals surface area contributed by atoms with E-state index in [0.29, 0.717) is 24.5 Å². The van der Waals surface area contributed by atoms with Crippen molar-refractivity contribution in [1.82, 2.24) is 15.3 Å². The van der Waals surface area contributed by atoms with Crippen LogP contribution in [0.3, 0.4) is 0 Å². The van der Waals surface area contributed by atoms with Crippen LogP contribution in [0.25, 0.3) is 11.4 Å². The molecule has 1 aromatic carbocycles. The van der Waals surface area contributed by atoms with Crippen LogP contribution in [0.1, 0.15) is 5.01 Å². The van der Waals surface area contributed by atoms with Crippen LogP contribution in [0.15, 0.2) is 54.0 Å². The summed E-state index contributed by atoms with van der Waals surface area (Å²) in [6.45, 7) is 0.445. The highest BCUT2D eigenvalue weighted by Gasteiger charge is 2.08. The van der Waals surface area contributed by atoms with E-state index in [0.717, 1.165) is 16.4 Å². The second-order valence-electron chi connectivity index (χ2n) is 5.38. The second-order valence-corrected chi connectivity index (χ2v) is 6.32. The Morgan fingerprint density at radius 2 is 1.92 bits per heavy atom. The number of pyridine rings is 1. The zero-order valence-electron chi connectivity index (χ0n) is 14.3. The number of aromatic nitrogens is 2. The summed E-state index contributed by atoms with van der Waals surface area (Å²) < 4.78 is 10.7. The number of benzene rings is 1. The number of para-hydroxylation sites is 2. The summed E-state index contributed by atoms with van der Waals surface area (Å²) in [4.78, 5) is 20.8. The lowest BCUT2D eigenvalue weighted by atomic mass is 10.3. The number of methoxy groups -OCH3 is 1. The summed E-state index contributed by atoms with van der Waals surface area (Å²) in [5.74, 6) is 0.965. The lowest BCUT2D eigenvalue weighted by Gasteiger charge is -2.10. The molecule has 0 spiro atoms. The standard InChI is InChI=1S/C19H19N3O3S/c1-24-16-7-2-3-8-17(16)25-12-18(23)21-11-9-19-22-15(13-26-19)14-6-4-5-10-20-14/h2-8,10,13H,9,11-12H2,1H3,(H,21,23). The summed E-state index contributed by atoms with van der Waals surface area (Å²) in [5, 5.41) is 5.77. The summed E-state index contributed by atoms with van der Waals surface area (Å²) in [5.41, 5.74) is 1.71. The van der Waals surface area contributed by atoms with E-state index < -0.39 is 0 Å². The normalized spacial score (nSPS) is 10.3. The molecule has 2 aromatic heterocycles. The molecule has 0 saturated carbocycles. The van der Waals surface area contributed by atoms with E-state index in [4.69, 9.17) is 9.47 Å². The highest BCUT2D eigenvalue weighted by molar-refractivity contribution is 7.09. The van der Waals surface area contributed by atoms with E-state index >= 15 is 0 Å². The fourth-order valence-electron chi connectivity index (χ4n) is 2.30. The predicted octanol–water partition coefficient (Wildman–Crippen LogP) is 2.95. The predicted molar refractivity (Wildman–Crippen MR) is 101 cm³/mol. The molecule has 26 heavy (non-hydrogen) atoms. The third-order valence-electron chi connectivity index (χ3n) is 3.57. The molecular weight excluding hydrogens is 350 g/mol. The molecule has 0 unspecified atom stereocenters. The fraction of sp³-hybridized carbons (Fsp3) is 0.211. The number of carbonyl (C=O) groups is 1. The van der Waals surface area contributed by atoms with Crippen molar-refractivity contribution in [2.75, 3.05) is 20.3 Å². The maximum atomic E-state index is 11.9. The Bertz CT molecular complexity index is 852. The first-order chi connectivity index (χ1) is 12.8. The number of nitrogens with zero attached hydrogens (tertiary/aromatic N) is 2. The first-order valence-corrected chi connectivity index (χ1v) is 9.02. The SMILES string of the molecule is COc1ccccc1OCC(=O)NCCc1nc(-c2ccccn2)cs1. The van der Waals surface area contributed by atoms with Crippen molar-refractivity contribution in [3.8, 4) is 22.9 Å². The molecule has 2 heterocycles. The van der Waals surface area contributed by atoms with Crippen LogP contribution in [0, 0.1) is 0 Å². The summed E-state index contributed by atoms with van der Waals surface area (Å²) in [6.07, 6.45) is 2.41. The Morgan fingerprint density at radius 1 is 1.12 bits per heavy atom. The average molecular weight is 369 g/mol. The van der Waals surface area contributed by atoms with E-state index in [1.54, 1.807) is 36.8 Å². The number of amides is 1. The van der Waals surface area contributed by atoms with Gasteiger partial charge in [-0.1, -0.05) is 18.2 Å². The molecular formula is C19H19N3O3S. The van der Waals surface area contributed by atoms with Crippen molar-refractivity contribution in [2.45, 2.75) is 6.42 Å². The lowest BCUT2D eigenvalue weighted by Crippen LogP contribution is -2.30. The van der Waals surface area contributed by atoms with Gasteiger partial charge in [-0.2, -0.15) is 0 Å². The molecule has 0 radical (unpaired) electrons. The van der Waals surface area contributed by atoms with Gasteiger partial charge in [-0.15, -0.1) is 11.3 Å². The van der Waals surface area contributed by atoms with E-state index in [-0.39, 0.29) is 12.5 Å². The highest BCUT2D eigenvalue weighted by Crippen LogP contribution is 2.25. The topological polar surface area (TPSA) is 73.3 Å². The molecule has 6 nitrogen and oxygen atoms in total. The maximum Gasteiger partial charge on any atom is 0.257 e. The van der Waals surface area contributed by atoms with Crippen molar-refractivity contribution >= 4 is 17.2 Å². The van der Waals surface area contributed by atoms with E-state index in [1.807, 2.05) is 35.7 Å². The van der Waals surface area contributed by atoms with Crippen LogP contribution >= 0.6 is 11.3 Å². The largest absolute Gasteiger partial charge is 0.493 e. The monoisotopic (exact) mass is 369 g/mol. The molecule has 0 aliphatic rings. The third kappa shape index (κ3) is 4.80. The van der Waals surface area contributed by atoms with Crippen molar-refractivity contribution in [1.29, 1.82) is 0 Å². The molecule has 0 atom stereocenters. The van der Waals surface area contributed by atoms with Gasteiger partial charge >= 0.3 is 0 Å². The van der Waals surface area contributed by atoms with E-state index in [2.05, 4.69) is 15.3 Å². The number of thiazole rings is 1. The van der Waals surface area contributed by atoms with E-state index in [9.17, 15) is 4.79 Å². The summed E-state index contributed by atoms with van der Waals surface area (Å²) >= 11 is 1.56. The van der Waals surface area contributed by atoms with Gasteiger partial charge in [0.2, 0.25) is 0 Å². The minimum atomic E-state index is -0.183. The van der Waals surface area contributed by atoms with E-state index in [1.165, 1.54) is 0 Å². The van der Waals surface area contributed by atoms with Crippen LogP contribution in [0.4, 0.5) is 0 Å². The van der Waals surface area contributed by atoms with Crippen LogP contribution in [-0.4, -0.2) is 36.1 Å². The van der Waals surface area contributed by atoms with Crippen LogP contribution in [-0.2, 0) is 11.2 Å². The molecule has 0 aliphatic carbocycles. The Kier molecular flexibility index (Phi) is 6.16. The zero-order valence-corrected chi connectivity index (χ0v) is 15.2. The molecule has 0 aliphatic heterocycles. The van der Waals surface area contributed by atoms with Crippen molar-refractivity contribution in [2.24, 2.45) is 0 Å². The van der Waals surface area contributed by atoms with Gasteiger partial charge in [0.1, 0.15) is 0 Å². The number of hydrogen-bond acceptors (Lipinski definition) is 6. The van der Waals surface area contributed by atoms with Gasteiger partial charge in [-0.05, 0) is 24.3 Å². The molecule has 7 heteroatoms.